The summed E-state index contributed by atoms with van der Waals surface area (Å²) in [5, 5.41) is 10.6. The molecule has 2 aliphatic heterocycles. The van der Waals surface area contributed by atoms with Crippen molar-refractivity contribution >= 4 is 46.3 Å². The molecular weight excluding hydrogens is 314 g/mol. The van der Waals surface area contributed by atoms with E-state index < -0.39 is 18.4 Å². The van der Waals surface area contributed by atoms with Crippen LogP contribution in [-0.4, -0.2) is 34.4 Å². The Balaban J connectivity index is 1.85. The fraction of sp³-hybridized carbons (Fsp3) is 0.154. The predicted molar refractivity (Wildman–Crippen MR) is 77.5 cm³/mol. The second kappa shape index (κ2) is 5.38. The van der Waals surface area contributed by atoms with E-state index in [0.717, 1.165) is 22.2 Å². The first-order valence-corrected chi connectivity index (χ1v) is 7.12. The summed E-state index contributed by atoms with van der Waals surface area (Å²) in [7, 11) is 0. The van der Waals surface area contributed by atoms with Crippen LogP contribution in [0.4, 0.5) is 0 Å². The van der Waals surface area contributed by atoms with Gasteiger partial charge in [0.1, 0.15) is 4.32 Å². The van der Waals surface area contributed by atoms with E-state index in [0.29, 0.717) is 16.4 Å². The molecule has 1 aromatic rings. The Morgan fingerprint density at radius 3 is 2.95 bits per heavy atom. The van der Waals surface area contributed by atoms with Crippen LogP contribution in [0.2, 0.25) is 0 Å². The molecule has 1 fully saturated rings. The Morgan fingerprint density at radius 1 is 1.43 bits per heavy atom. The van der Waals surface area contributed by atoms with Gasteiger partial charge in [-0.25, -0.2) is 0 Å². The maximum Gasteiger partial charge on any atom is 0.266 e. The van der Waals surface area contributed by atoms with Crippen molar-refractivity contribution in [3.8, 4) is 11.5 Å². The number of thiocarbonyl (C=S) groups is 1. The molecule has 108 valence electrons. The van der Waals surface area contributed by atoms with Gasteiger partial charge in [-0.15, -0.1) is 0 Å². The number of benzene rings is 1. The monoisotopic (exact) mass is 322 g/mol. The first-order chi connectivity index (χ1) is 10.0. The molecule has 2 heterocycles. The average Bonchev–Trinajstić information content (AvgIpc) is 2.98. The lowest BCUT2D eigenvalue weighted by molar-refractivity contribution is -0.305. The van der Waals surface area contributed by atoms with Crippen LogP contribution in [0.25, 0.3) is 6.08 Å². The van der Waals surface area contributed by atoms with Crippen LogP contribution in [-0.2, 0) is 9.59 Å². The number of rotatable bonds is 3. The number of carbonyl (C=O) groups excluding carboxylic acids is 2. The second-order valence-electron chi connectivity index (χ2n) is 4.25. The Hall–Kier alpha value is -2.06. The Kier molecular flexibility index (Phi) is 3.56. The lowest BCUT2D eigenvalue weighted by Gasteiger charge is -2.14. The Bertz CT molecular complexity index is 685. The zero-order valence-corrected chi connectivity index (χ0v) is 12.2. The van der Waals surface area contributed by atoms with Gasteiger partial charge >= 0.3 is 0 Å². The molecule has 0 unspecified atom stereocenters. The number of carboxylic acids is 1. The molecule has 1 amide bonds. The van der Waals surface area contributed by atoms with Crippen molar-refractivity contribution in [3.05, 3.63) is 28.7 Å². The summed E-state index contributed by atoms with van der Waals surface area (Å²) in [5.41, 5.74) is 0.744. The molecule has 0 saturated carbocycles. The highest BCUT2D eigenvalue weighted by Crippen LogP contribution is 2.36. The minimum atomic E-state index is -1.35. The number of hydrogen-bond donors (Lipinski definition) is 0. The zero-order chi connectivity index (χ0) is 15.0. The summed E-state index contributed by atoms with van der Waals surface area (Å²) in [4.78, 5) is 24.1. The fourth-order valence-corrected chi connectivity index (χ4v) is 3.17. The zero-order valence-electron chi connectivity index (χ0n) is 10.5. The van der Waals surface area contributed by atoms with Gasteiger partial charge in [-0.3, -0.25) is 9.69 Å². The van der Waals surface area contributed by atoms with Crippen LogP contribution in [0.3, 0.4) is 0 Å². The SMILES string of the molecule is O=C([O-])CN1C(=O)/C(=C/c2ccc3c(c2)OCO3)SC1=S. The molecule has 0 aliphatic carbocycles. The third-order valence-corrected chi connectivity index (χ3v) is 4.23. The third kappa shape index (κ3) is 2.72. The van der Waals surface area contributed by atoms with Gasteiger partial charge in [0.2, 0.25) is 6.79 Å². The molecule has 0 aromatic heterocycles. The van der Waals surface area contributed by atoms with E-state index in [1.807, 2.05) is 0 Å². The van der Waals surface area contributed by atoms with Crippen molar-refractivity contribution in [2.75, 3.05) is 13.3 Å². The van der Waals surface area contributed by atoms with Crippen molar-refractivity contribution in [1.29, 1.82) is 0 Å². The molecule has 1 saturated heterocycles. The summed E-state index contributed by atoms with van der Waals surface area (Å²) < 4.78 is 10.7. The summed E-state index contributed by atoms with van der Waals surface area (Å²) in [6, 6.07) is 5.27. The van der Waals surface area contributed by atoms with Gasteiger partial charge in [-0.2, -0.15) is 0 Å². The van der Waals surface area contributed by atoms with Crippen LogP contribution in [0, 0.1) is 0 Å². The Morgan fingerprint density at radius 2 is 2.19 bits per heavy atom. The summed E-state index contributed by atoms with van der Waals surface area (Å²) in [5.74, 6) is -0.534. The quantitative estimate of drug-likeness (QED) is 0.587. The number of carboxylic acid groups (broad SMARTS) is 1. The van der Waals surface area contributed by atoms with Crippen LogP contribution in [0.5, 0.6) is 11.5 Å². The van der Waals surface area contributed by atoms with Crippen molar-refractivity contribution in [2.24, 2.45) is 0 Å². The smallest absolute Gasteiger partial charge is 0.266 e. The maximum atomic E-state index is 12.1. The average molecular weight is 322 g/mol. The number of thioether (sulfide) groups is 1. The van der Waals surface area contributed by atoms with Gasteiger partial charge in [0.15, 0.2) is 11.5 Å². The molecule has 0 bridgehead atoms. The minimum Gasteiger partial charge on any atom is -0.548 e. The minimum absolute atomic E-state index is 0.173. The van der Waals surface area contributed by atoms with Crippen LogP contribution in [0.1, 0.15) is 5.56 Å². The first kappa shape index (κ1) is 13.9. The topological polar surface area (TPSA) is 78.9 Å². The van der Waals surface area contributed by atoms with E-state index in [9.17, 15) is 14.7 Å². The molecule has 1 aromatic carbocycles. The Labute approximate surface area is 129 Å². The van der Waals surface area contributed by atoms with Crippen LogP contribution < -0.4 is 14.6 Å². The maximum absolute atomic E-state index is 12.1. The van der Waals surface area contributed by atoms with E-state index in [1.165, 1.54) is 0 Å². The number of hydrogen-bond acceptors (Lipinski definition) is 7. The lowest BCUT2D eigenvalue weighted by atomic mass is 10.2. The van der Waals surface area contributed by atoms with E-state index in [-0.39, 0.29) is 11.1 Å². The number of carbonyl (C=O) groups is 2. The normalized spacial score (nSPS) is 18.7. The summed E-state index contributed by atoms with van der Waals surface area (Å²) in [6.07, 6.45) is 1.64. The number of nitrogens with zero attached hydrogens (tertiary/aromatic N) is 1. The number of amides is 1. The van der Waals surface area contributed by atoms with Gasteiger partial charge in [-0.05, 0) is 23.8 Å². The number of aliphatic carboxylic acids is 1. The second-order valence-corrected chi connectivity index (χ2v) is 5.93. The van der Waals surface area contributed by atoms with Gasteiger partial charge in [-0.1, -0.05) is 30.0 Å². The van der Waals surface area contributed by atoms with Crippen molar-refractivity contribution in [2.45, 2.75) is 0 Å². The largest absolute Gasteiger partial charge is 0.548 e. The highest BCUT2D eigenvalue weighted by Gasteiger charge is 2.31. The van der Waals surface area contributed by atoms with Crippen LogP contribution in [0.15, 0.2) is 23.1 Å². The number of fused-ring (bicyclic) bond motifs is 1. The van der Waals surface area contributed by atoms with Gasteiger partial charge in [0.05, 0.1) is 17.4 Å². The first-order valence-electron chi connectivity index (χ1n) is 5.89. The van der Waals surface area contributed by atoms with E-state index in [4.69, 9.17) is 21.7 Å². The van der Waals surface area contributed by atoms with E-state index >= 15 is 0 Å². The highest BCUT2D eigenvalue weighted by atomic mass is 32.2. The van der Waals surface area contributed by atoms with Gasteiger partial charge < -0.3 is 19.4 Å². The lowest BCUT2D eigenvalue weighted by Crippen LogP contribution is -2.40. The molecule has 6 nitrogen and oxygen atoms in total. The fourth-order valence-electron chi connectivity index (χ4n) is 1.92. The standard InChI is InChI=1S/C13H9NO5S2/c15-11(16)5-14-12(17)10(21-13(14)20)4-7-1-2-8-9(3-7)19-6-18-8/h1-4H,5-6H2,(H,15,16)/p-1/b10-4-. The molecule has 3 rings (SSSR count). The molecule has 0 N–H and O–H groups in total. The van der Waals surface area contributed by atoms with Gasteiger partial charge in [0.25, 0.3) is 5.91 Å². The van der Waals surface area contributed by atoms with Crippen molar-refractivity contribution < 1.29 is 24.2 Å². The molecule has 21 heavy (non-hydrogen) atoms. The summed E-state index contributed by atoms with van der Waals surface area (Å²) >= 11 is 6.06. The van der Waals surface area contributed by atoms with Gasteiger partial charge in [0, 0.05) is 0 Å². The summed E-state index contributed by atoms with van der Waals surface area (Å²) in [6.45, 7) is -0.365. The molecular formula is C13H8NO5S2-. The predicted octanol–water partition coefficient (Wildman–Crippen LogP) is 0.366. The van der Waals surface area contributed by atoms with Crippen LogP contribution >= 0.6 is 24.0 Å². The molecule has 0 spiro atoms. The molecule has 0 radical (unpaired) electrons. The molecule has 2 aliphatic rings. The van der Waals surface area contributed by atoms with E-state index in [1.54, 1.807) is 24.3 Å². The van der Waals surface area contributed by atoms with E-state index in [2.05, 4.69) is 0 Å². The highest BCUT2D eigenvalue weighted by molar-refractivity contribution is 8.26. The number of ether oxygens (including phenoxy) is 2. The van der Waals surface area contributed by atoms with Crippen molar-refractivity contribution in [3.63, 3.8) is 0 Å². The molecule has 8 heteroatoms. The van der Waals surface area contributed by atoms with Crippen molar-refractivity contribution in [1.82, 2.24) is 4.90 Å². The molecule has 0 atom stereocenters. The third-order valence-electron chi connectivity index (χ3n) is 2.86.